The standard InChI is InChI=1S/C16H27NO2/c1-6-11-19-13-9-7-12(8-10-13)14(17)15(18-5)16(2,3)4/h7-10,14-15H,6,11,17H2,1-5H3. The Kier molecular flexibility index (Phi) is 5.83. The van der Waals surface area contributed by atoms with E-state index in [1.807, 2.05) is 24.3 Å². The minimum Gasteiger partial charge on any atom is -0.494 e. The fourth-order valence-electron chi connectivity index (χ4n) is 2.22. The van der Waals surface area contributed by atoms with Gasteiger partial charge in [0.05, 0.1) is 18.8 Å². The van der Waals surface area contributed by atoms with Gasteiger partial charge in [-0.1, -0.05) is 39.8 Å². The van der Waals surface area contributed by atoms with Crippen molar-refractivity contribution in [3.63, 3.8) is 0 Å². The molecular weight excluding hydrogens is 238 g/mol. The molecule has 19 heavy (non-hydrogen) atoms. The van der Waals surface area contributed by atoms with Crippen molar-refractivity contribution in [2.24, 2.45) is 11.1 Å². The van der Waals surface area contributed by atoms with Gasteiger partial charge in [0.2, 0.25) is 0 Å². The molecule has 0 radical (unpaired) electrons. The van der Waals surface area contributed by atoms with Crippen molar-refractivity contribution in [2.75, 3.05) is 13.7 Å². The summed E-state index contributed by atoms with van der Waals surface area (Å²) in [6, 6.07) is 7.85. The molecule has 3 nitrogen and oxygen atoms in total. The summed E-state index contributed by atoms with van der Waals surface area (Å²) in [4.78, 5) is 0. The lowest BCUT2D eigenvalue weighted by atomic mass is 9.82. The summed E-state index contributed by atoms with van der Waals surface area (Å²) in [6.07, 6.45) is 0.992. The van der Waals surface area contributed by atoms with Crippen LogP contribution in [0.3, 0.4) is 0 Å². The molecule has 0 saturated carbocycles. The molecule has 1 rings (SSSR count). The highest BCUT2D eigenvalue weighted by Gasteiger charge is 2.31. The van der Waals surface area contributed by atoms with Gasteiger partial charge < -0.3 is 15.2 Å². The van der Waals surface area contributed by atoms with Gasteiger partial charge in [0, 0.05) is 7.11 Å². The monoisotopic (exact) mass is 265 g/mol. The predicted molar refractivity (Wildman–Crippen MR) is 79.4 cm³/mol. The van der Waals surface area contributed by atoms with Gasteiger partial charge in [-0.2, -0.15) is 0 Å². The molecule has 0 spiro atoms. The number of methoxy groups -OCH3 is 1. The van der Waals surface area contributed by atoms with Crippen LogP contribution in [0.5, 0.6) is 5.75 Å². The Morgan fingerprint density at radius 3 is 2.16 bits per heavy atom. The number of hydrogen-bond donors (Lipinski definition) is 1. The molecular formula is C16H27NO2. The van der Waals surface area contributed by atoms with E-state index in [-0.39, 0.29) is 17.6 Å². The molecule has 0 fully saturated rings. The van der Waals surface area contributed by atoms with E-state index in [0.717, 1.165) is 24.3 Å². The van der Waals surface area contributed by atoms with Gasteiger partial charge in [-0.3, -0.25) is 0 Å². The molecule has 0 saturated heterocycles. The zero-order valence-corrected chi connectivity index (χ0v) is 12.8. The predicted octanol–water partition coefficient (Wildman–Crippen LogP) is 3.54. The molecule has 0 amide bonds. The molecule has 1 aromatic carbocycles. The Morgan fingerprint density at radius 1 is 1.16 bits per heavy atom. The Hall–Kier alpha value is -1.06. The van der Waals surface area contributed by atoms with Crippen molar-refractivity contribution in [1.82, 2.24) is 0 Å². The molecule has 108 valence electrons. The molecule has 2 atom stereocenters. The van der Waals surface area contributed by atoms with Crippen LogP contribution in [-0.4, -0.2) is 19.8 Å². The van der Waals surface area contributed by atoms with Gasteiger partial charge in [0.15, 0.2) is 0 Å². The van der Waals surface area contributed by atoms with Crippen LogP contribution in [0.4, 0.5) is 0 Å². The maximum Gasteiger partial charge on any atom is 0.119 e. The van der Waals surface area contributed by atoms with E-state index >= 15 is 0 Å². The SMILES string of the molecule is CCCOc1ccc(C(N)C(OC)C(C)(C)C)cc1. The summed E-state index contributed by atoms with van der Waals surface area (Å²) in [5, 5.41) is 0. The van der Waals surface area contributed by atoms with E-state index in [4.69, 9.17) is 15.2 Å². The summed E-state index contributed by atoms with van der Waals surface area (Å²) in [6.45, 7) is 9.25. The number of nitrogens with two attached hydrogens (primary N) is 1. The zero-order chi connectivity index (χ0) is 14.5. The lowest BCUT2D eigenvalue weighted by molar-refractivity contribution is -0.00244. The Morgan fingerprint density at radius 2 is 1.74 bits per heavy atom. The minimum atomic E-state index is -0.134. The van der Waals surface area contributed by atoms with Crippen molar-refractivity contribution in [1.29, 1.82) is 0 Å². The third kappa shape index (κ3) is 4.51. The molecule has 0 aliphatic heterocycles. The maximum atomic E-state index is 6.32. The number of rotatable bonds is 6. The van der Waals surface area contributed by atoms with Crippen LogP contribution in [0.2, 0.25) is 0 Å². The van der Waals surface area contributed by atoms with Gasteiger partial charge in [-0.25, -0.2) is 0 Å². The fourth-order valence-corrected chi connectivity index (χ4v) is 2.22. The van der Waals surface area contributed by atoms with Crippen molar-refractivity contribution in [2.45, 2.75) is 46.3 Å². The molecule has 1 aromatic rings. The van der Waals surface area contributed by atoms with Gasteiger partial charge in [0.1, 0.15) is 5.75 Å². The molecule has 3 heteroatoms. The number of ether oxygens (including phenoxy) is 2. The first-order chi connectivity index (χ1) is 8.90. The van der Waals surface area contributed by atoms with Crippen molar-refractivity contribution >= 4 is 0 Å². The smallest absolute Gasteiger partial charge is 0.119 e. The second-order valence-electron chi connectivity index (χ2n) is 5.97. The van der Waals surface area contributed by atoms with Gasteiger partial charge in [-0.05, 0) is 29.5 Å². The molecule has 0 aliphatic carbocycles. The van der Waals surface area contributed by atoms with Crippen molar-refractivity contribution in [3.05, 3.63) is 29.8 Å². The third-order valence-corrected chi connectivity index (χ3v) is 3.17. The van der Waals surface area contributed by atoms with Crippen LogP contribution < -0.4 is 10.5 Å². The summed E-state index contributed by atoms with van der Waals surface area (Å²) in [5.41, 5.74) is 7.40. The highest BCUT2D eigenvalue weighted by Crippen LogP contribution is 2.31. The third-order valence-electron chi connectivity index (χ3n) is 3.17. The summed E-state index contributed by atoms with van der Waals surface area (Å²) in [7, 11) is 1.72. The molecule has 0 bridgehead atoms. The second kappa shape index (κ2) is 6.92. The Balaban J connectivity index is 2.79. The normalized spacial score (nSPS) is 15.1. The van der Waals surface area contributed by atoms with E-state index in [9.17, 15) is 0 Å². The summed E-state index contributed by atoms with van der Waals surface area (Å²) < 4.78 is 11.1. The van der Waals surface area contributed by atoms with Crippen molar-refractivity contribution < 1.29 is 9.47 Å². The Bertz CT molecular complexity index is 367. The molecule has 2 unspecified atom stereocenters. The Labute approximate surface area is 117 Å². The van der Waals surface area contributed by atoms with Crippen LogP contribution in [0.15, 0.2) is 24.3 Å². The van der Waals surface area contributed by atoms with E-state index in [0.29, 0.717) is 0 Å². The number of hydrogen-bond acceptors (Lipinski definition) is 3. The van der Waals surface area contributed by atoms with Crippen LogP contribution >= 0.6 is 0 Å². The lowest BCUT2D eigenvalue weighted by Gasteiger charge is -2.34. The molecule has 0 aliphatic rings. The first kappa shape index (κ1) is 16.0. The molecule has 0 aromatic heterocycles. The average molecular weight is 265 g/mol. The van der Waals surface area contributed by atoms with Crippen molar-refractivity contribution in [3.8, 4) is 5.75 Å². The number of benzene rings is 1. The highest BCUT2D eigenvalue weighted by atomic mass is 16.5. The van der Waals surface area contributed by atoms with E-state index in [2.05, 4.69) is 27.7 Å². The van der Waals surface area contributed by atoms with E-state index in [1.165, 1.54) is 0 Å². The maximum absolute atomic E-state index is 6.32. The fraction of sp³-hybridized carbons (Fsp3) is 0.625. The van der Waals surface area contributed by atoms with Crippen LogP contribution in [0.1, 0.15) is 45.7 Å². The summed E-state index contributed by atoms with van der Waals surface area (Å²) >= 11 is 0. The first-order valence-corrected chi connectivity index (χ1v) is 6.91. The quantitative estimate of drug-likeness (QED) is 0.855. The largest absolute Gasteiger partial charge is 0.494 e. The van der Waals surface area contributed by atoms with Crippen LogP contribution in [0.25, 0.3) is 0 Å². The highest BCUT2D eigenvalue weighted by molar-refractivity contribution is 5.29. The van der Waals surface area contributed by atoms with Gasteiger partial charge in [-0.15, -0.1) is 0 Å². The average Bonchev–Trinajstić information content (AvgIpc) is 2.36. The van der Waals surface area contributed by atoms with E-state index < -0.39 is 0 Å². The topological polar surface area (TPSA) is 44.5 Å². The molecule has 0 heterocycles. The second-order valence-corrected chi connectivity index (χ2v) is 5.97. The molecule has 2 N–H and O–H groups in total. The minimum absolute atomic E-state index is 0.00550. The van der Waals surface area contributed by atoms with Gasteiger partial charge >= 0.3 is 0 Å². The zero-order valence-electron chi connectivity index (χ0n) is 12.8. The first-order valence-electron chi connectivity index (χ1n) is 6.91. The van der Waals surface area contributed by atoms with E-state index in [1.54, 1.807) is 7.11 Å². The van der Waals surface area contributed by atoms with Crippen LogP contribution in [-0.2, 0) is 4.74 Å². The van der Waals surface area contributed by atoms with Crippen LogP contribution in [0, 0.1) is 5.41 Å². The summed E-state index contributed by atoms with van der Waals surface area (Å²) in [5.74, 6) is 0.891. The van der Waals surface area contributed by atoms with Gasteiger partial charge in [0.25, 0.3) is 0 Å². The lowest BCUT2D eigenvalue weighted by Crippen LogP contribution is -2.38.